The number of nitro groups is 1. The Morgan fingerprint density at radius 3 is 2.71 bits per heavy atom. The Morgan fingerprint density at radius 1 is 1.57 bits per heavy atom. The van der Waals surface area contributed by atoms with Crippen LogP contribution in [0.3, 0.4) is 0 Å². The SMILES string of the molecule is CC(CCS(C)=O)NC(=O)c1cc([N+](=O)[O-])cc(Cl)c1N. The monoisotopic (exact) mass is 333 g/mol. The molecule has 1 aromatic rings. The van der Waals surface area contributed by atoms with Gasteiger partial charge in [0.25, 0.3) is 11.6 Å². The number of non-ortho nitro benzene ring substituents is 1. The fraction of sp³-hybridized carbons (Fsp3) is 0.417. The fourth-order valence-electron chi connectivity index (χ4n) is 1.61. The molecule has 7 nitrogen and oxygen atoms in total. The van der Waals surface area contributed by atoms with Gasteiger partial charge in [0.05, 0.1) is 21.2 Å². The maximum absolute atomic E-state index is 12.1. The van der Waals surface area contributed by atoms with Gasteiger partial charge in [0.2, 0.25) is 0 Å². The number of halogens is 1. The second kappa shape index (κ2) is 7.37. The Kier molecular flexibility index (Phi) is 6.10. The van der Waals surface area contributed by atoms with Crippen molar-refractivity contribution in [2.45, 2.75) is 19.4 Å². The molecule has 0 spiro atoms. The Morgan fingerprint density at radius 2 is 2.19 bits per heavy atom. The average Bonchev–Trinajstić information content (AvgIpc) is 2.38. The molecule has 0 heterocycles. The van der Waals surface area contributed by atoms with Gasteiger partial charge in [-0.2, -0.15) is 0 Å². The molecular formula is C12H16ClN3O4S. The van der Waals surface area contributed by atoms with E-state index in [0.717, 1.165) is 12.1 Å². The van der Waals surface area contributed by atoms with Gasteiger partial charge in [-0.05, 0) is 13.3 Å². The average molecular weight is 334 g/mol. The molecule has 1 rings (SSSR count). The predicted octanol–water partition coefficient (Wildman–Crippen LogP) is 1.72. The van der Waals surface area contributed by atoms with Crippen molar-refractivity contribution in [3.8, 4) is 0 Å². The van der Waals surface area contributed by atoms with Crippen molar-refractivity contribution in [1.29, 1.82) is 0 Å². The zero-order chi connectivity index (χ0) is 16.2. The number of carbonyl (C=O) groups is 1. The number of amides is 1. The van der Waals surface area contributed by atoms with Crippen LogP contribution in [-0.4, -0.2) is 33.1 Å². The molecule has 0 aliphatic carbocycles. The minimum atomic E-state index is -0.950. The third kappa shape index (κ3) is 4.98. The molecule has 3 N–H and O–H groups in total. The molecule has 0 aliphatic heterocycles. The molecule has 21 heavy (non-hydrogen) atoms. The van der Waals surface area contributed by atoms with Gasteiger partial charge in [-0.3, -0.25) is 19.1 Å². The van der Waals surface area contributed by atoms with Crippen molar-refractivity contribution in [3.05, 3.63) is 32.8 Å². The first-order chi connectivity index (χ1) is 9.72. The molecule has 0 fully saturated rings. The second-order valence-electron chi connectivity index (χ2n) is 4.59. The molecule has 0 bridgehead atoms. The normalized spacial score (nSPS) is 13.5. The first-order valence-electron chi connectivity index (χ1n) is 6.06. The van der Waals surface area contributed by atoms with E-state index in [2.05, 4.69) is 5.32 Å². The second-order valence-corrected chi connectivity index (χ2v) is 6.55. The maximum atomic E-state index is 12.1. The van der Waals surface area contributed by atoms with Gasteiger partial charge in [-0.15, -0.1) is 0 Å². The van der Waals surface area contributed by atoms with Crippen LogP contribution in [-0.2, 0) is 10.8 Å². The number of benzene rings is 1. The number of hydrogen-bond acceptors (Lipinski definition) is 5. The molecule has 1 aromatic carbocycles. The van der Waals surface area contributed by atoms with E-state index in [4.69, 9.17) is 17.3 Å². The lowest BCUT2D eigenvalue weighted by molar-refractivity contribution is -0.384. The van der Waals surface area contributed by atoms with E-state index in [1.54, 1.807) is 13.2 Å². The Balaban J connectivity index is 2.91. The Hall–Kier alpha value is -1.67. The molecule has 2 unspecified atom stereocenters. The molecular weight excluding hydrogens is 318 g/mol. The first kappa shape index (κ1) is 17.4. The third-order valence-electron chi connectivity index (χ3n) is 2.79. The van der Waals surface area contributed by atoms with Crippen molar-refractivity contribution in [2.75, 3.05) is 17.7 Å². The molecule has 0 radical (unpaired) electrons. The lowest BCUT2D eigenvalue weighted by Crippen LogP contribution is -2.34. The van der Waals surface area contributed by atoms with E-state index < -0.39 is 21.6 Å². The number of anilines is 1. The smallest absolute Gasteiger partial charge is 0.271 e. The van der Waals surface area contributed by atoms with Crippen LogP contribution in [0.25, 0.3) is 0 Å². The predicted molar refractivity (Wildman–Crippen MR) is 83.0 cm³/mol. The number of nitrogens with one attached hydrogen (secondary N) is 1. The van der Waals surface area contributed by atoms with Crippen LogP contribution in [0.5, 0.6) is 0 Å². The molecule has 0 aliphatic rings. The highest BCUT2D eigenvalue weighted by Crippen LogP contribution is 2.28. The molecule has 2 atom stereocenters. The van der Waals surface area contributed by atoms with Crippen LogP contribution in [0.1, 0.15) is 23.7 Å². The summed E-state index contributed by atoms with van der Waals surface area (Å²) in [6.07, 6.45) is 2.10. The maximum Gasteiger partial charge on any atom is 0.271 e. The van der Waals surface area contributed by atoms with Crippen LogP contribution in [0.4, 0.5) is 11.4 Å². The van der Waals surface area contributed by atoms with Crippen LogP contribution in [0.15, 0.2) is 12.1 Å². The summed E-state index contributed by atoms with van der Waals surface area (Å²) < 4.78 is 11.0. The largest absolute Gasteiger partial charge is 0.397 e. The summed E-state index contributed by atoms with van der Waals surface area (Å²) in [6, 6.07) is 1.94. The van der Waals surface area contributed by atoms with E-state index in [1.165, 1.54) is 0 Å². The highest BCUT2D eigenvalue weighted by Gasteiger charge is 2.20. The van der Waals surface area contributed by atoms with Crippen molar-refractivity contribution < 1.29 is 13.9 Å². The van der Waals surface area contributed by atoms with Gasteiger partial charge in [0.15, 0.2) is 0 Å². The van der Waals surface area contributed by atoms with Gasteiger partial charge in [0.1, 0.15) is 0 Å². The number of nitro benzene ring substituents is 1. The first-order valence-corrected chi connectivity index (χ1v) is 8.17. The fourth-order valence-corrected chi connectivity index (χ4v) is 2.51. The van der Waals surface area contributed by atoms with Crippen molar-refractivity contribution in [2.24, 2.45) is 0 Å². The standard InChI is InChI=1S/C12H16ClN3O4S/c1-7(3-4-21(2)20)15-12(17)9-5-8(16(18)19)6-10(13)11(9)14/h5-7H,3-4,14H2,1-2H3,(H,15,17). The number of nitrogens with two attached hydrogens (primary N) is 1. The number of nitrogen functional groups attached to an aromatic ring is 1. The van der Waals surface area contributed by atoms with Crippen molar-refractivity contribution >= 4 is 39.7 Å². The summed E-state index contributed by atoms with van der Waals surface area (Å²) in [6.45, 7) is 1.75. The van der Waals surface area contributed by atoms with Crippen molar-refractivity contribution in [1.82, 2.24) is 5.32 Å². The van der Waals surface area contributed by atoms with Crippen molar-refractivity contribution in [3.63, 3.8) is 0 Å². The van der Waals surface area contributed by atoms with Crippen LogP contribution in [0.2, 0.25) is 5.02 Å². The van der Waals surface area contributed by atoms with E-state index >= 15 is 0 Å². The summed E-state index contributed by atoms with van der Waals surface area (Å²) in [4.78, 5) is 22.2. The van der Waals surface area contributed by atoms with Gasteiger partial charge in [0, 0.05) is 41.0 Å². The molecule has 9 heteroatoms. The van der Waals surface area contributed by atoms with E-state index in [1.807, 2.05) is 0 Å². The van der Waals surface area contributed by atoms with Gasteiger partial charge in [-0.1, -0.05) is 11.6 Å². The molecule has 1 amide bonds. The molecule has 116 valence electrons. The van der Waals surface area contributed by atoms with Gasteiger partial charge in [-0.25, -0.2) is 0 Å². The molecule has 0 aromatic heterocycles. The number of hydrogen-bond donors (Lipinski definition) is 2. The zero-order valence-corrected chi connectivity index (χ0v) is 13.2. The summed E-state index contributed by atoms with van der Waals surface area (Å²) >= 11 is 5.80. The Labute approximate surface area is 129 Å². The lowest BCUT2D eigenvalue weighted by Gasteiger charge is -2.14. The summed E-state index contributed by atoms with van der Waals surface area (Å²) in [5.41, 5.74) is 5.33. The summed E-state index contributed by atoms with van der Waals surface area (Å²) in [7, 11) is -0.950. The number of nitrogens with zero attached hydrogens (tertiary/aromatic N) is 1. The zero-order valence-electron chi connectivity index (χ0n) is 11.6. The molecule has 0 saturated carbocycles. The number of carbonyl (C=O) groups excluding carboxylic acids is 1. The highest BCUT2D eigenvalue weighted by molar-refractivity contribution is 7.84. The van der Waals surface area contributed by atoms with E-state index in [9.17, 15) is 19.1 Å². The Bertz CT molecular complexity index is 594. The molecule has 0 saturated heterocycles. The summed E-state index contributed by atoms with van der Waals surface area (Å²) in [5, 5.41) is 13.4. The highest BCUT2D eigenvalue weighted by atomic mass is 35.5. The van der Waals surface area contributed by atoms with Crippen LogP contribution < -0.4 is 11.1 Å². The summed E-state index contributed by atoms with van der Waals surface area (Å²) in [5.74, 6) is -0.0976. The lowest BCUT2D eigenvalue weighted by atomic mass is 10.1. The van der Waals surface area contributed by atoms with Gasteiger partial charge >= 0.3 is 0 Å². The van der Waals surface area contributed by atoms with Crippen LogP contribution in [0, 0.1) is 10.1 Å². The van der Waals surface area contributed by atoms with Gasteiger partial charge < -0.3 is 11.1 Å². The van der Waals surface area contributed by atoms with Crippen LogP contribution >= 0.6 is 11.6 Å². The topological polar surface area (TPSA) is 115 Å². The minimum Gasteiger partial charge on any atom is -0.397 e. The quantitative estimate of drug-likeness (QED) is 0.467. The number of rotatable bonds is 6. The minimum absolute atomic E-state index is 0.00830. The third-order valence-corrected chi connectivity index (χ3v) is 3.91. The van der Waals surface area contributed by atoms with E-state index in [0.29, 0.717) is 12.2 Å². The van der Waals surface area contributed by atoms with E-state index in [-0.39, 0.29) is 28.0 Å².